The van der Waals surface area contributed by atoms with E-state index in [1.807, 2.05) is 0 Å². The van der Waals surface area contributed by atoms with Crippen molar-refractivity contribution in [2.75, 3.05) is 13.7 Å². The van der Waals surface area contributed by atoms with Gasteiger partial charge in [0.15, 0.2) is 23.3 Å². The molecule has 126 valence electrons. The van der Waals surface area contributed by atoms with Crippen LogP contribution in [0.15, 0.2) is 33.9 Å². The largest absolute Gasteiger partial charge is 0.480 e. The summed E-state index contributed by atoms with van der Waals surface area (Å²) in [6, 6.07) is 4.59. The molecule has 1 N–H and O–H groups in total. The zero-order valence-electron chi connectivity index (χ0n) is 12.3. The number of aromatic nitrogens is 1. The molecule has 0 spiro atoms. The lowest BCUT2D eigenvalue weighted by Gasteiger charge is -2.24. The van der Waals surface area contributed by atoms with Crippen LogP contribution in [0.1, 0.15) is 17.3 Å². The van der Waals surface area contributed by atoms with Gasteiger partial charge in [-0.15, -0.1) is 0 Å². The minimum absolute atomic E-state index is 0.0294. The van der Waals surface area contributed by atoms with E-state index < -0.39 is 23.5 Å². The van der Waals surface area contributed by atoms with Gasteiger partial charge in [0.2, 0.25) is 5.88 Å². The van der Waals surface area contributed by atoms with Gasteiger partial charge < -0.3 is 14.9 Å². The number of oxime groups is 1. The first-order valence-corrected chi connectivity index (χ1v) is 7.60. The summed E-state index contributed by atoms with van der Waals surface area (Å²) in [5.74, 6) is -3.43. The summed E-state index contributed by atoms with van der Waals surface area (Å²) in [5, 5.41) is 6.82. The van der Waals surface area contributed by atoms with Gasteiger partial charge in [-0.1, -0.05) is 5.16 Å². The molecule has 1 unspecified atom stereocenters. The molecule has 2 heterocycles. The molecular weight excluding hydrogens is 391 g/mol. The Morgan fingerprint density at radius 2 is 1.96 bits per heavy atom. The minimum Gasteiger partial charge on any atom is -0.480 e. The molecule has 1 aliphatic heterocycles. The lowest BCUT2D eigenvalue weighted by molar-refractivity contribution is 0.109. The number of hydrogen-bond acceptors (Lipinski definition) is 5. The first kappa shape index (κ1) is 16.6. The highest BCUT2D eigenvalue weighted by Gasteiger charge is 2.24. The van der Waals surface area contributed by atoms with Gasteiger partial charge in [0, 0.05) is 0 Å². The van der Waals surface area contributed by atoms with Gasteiger partial charge in [-0.2, -0.15) is 0 Å². The van der Waals surface area contributed by atoms with Crippen LogP contribution in [-0.4, -0.2) is 24.5 Å². The topological polar surface area (TPSA) is 55.7 Å². The van der Waals surface area contributed by atoms with Crippen LogP contribution in [0.4, 0.5) is 13.2 Å². The van der Waals surface area contributed by atoms with E-state index in [0.717, 1.165) is 12.1 Å². The first-order valence-electron chi connectivity index (χ1n) is 6.81. The quantitative estimate of drug-likeness (QED) is 0.801. The van der Waals surface area contributed by atoms with Gasteiger partial charge >= 0.3 is 0 Å². The van der Waals surface area contributed by atoms with Crippen molar-refractivity contribution in [3.63, 3.8) is 0 Å². The molecule has 1 aromatic carbocycles. The van der Waals surface area contributed by atoms with Crippen LogP contribution in [0, 0.1) is 17.5 Å². The van der Waals surface area contributed by atoms with Gasteiger partial charge in [0.25, 0.3) is 0 Å². The van der Waals surface area contributed by atoms with E-state index in [1.54, 1.807) is 12.1 Å². The Hall–Kier alpha value is -2.29. The maximum absolute atomic E-state index is 13.4. The normalized spacial score (nSPS) is 16.9. The Kier molecular flexibility index (Phi) is 4.61. The smallest absolute Gasteiger partial charge is 0.228 e. The lowest BCUT2D eigenvalue weighted by atomic mass is 10.1. The summed E-state index contributed by atoms with van der Waals surface area (Å²) in [5.41, 5.74) is 0.616. The third-order valence-electron chi connectivity index (χ3n) is 3.37. The predicted octanol–water partition coefficient (Wildman–Crippen LogP) is 3.29. The average Bonchev–Trinajstić information content (AvgIpc) is 2.59. The predicted molar refractivity (Wildman–Crippen MR) is 83.2 cm³/mol. The van der Waals surface area contributed by atoms with E-state index in [1.165, 1.54) is 7.11 Å². The van der Waals surface area contributed by atoms with Crippen molar-refractivity contribution in [2.24, 2.45) is 5.16 Å². The van der Waals surface area contributed by atoms with Crippen molar-refractivity contribution in [1.82, 2.24) is 10.3 Å². The SMILES string of the molecule is COc1nc(C2=NOCC(c3cc(F)c(F)c(F)c3)N2)ccc1Br. The summed E-state index contributed by atoms with van der Waals surface area (Å²) in [7, 11) is 1.47. The number of pyridine rings is 1. The lowest BCUT2D eigenvalue weighted by Crippen LogP contribution is -2.36. The number of amidine groups is 1. The van der Waals surface area contributed by atoms with Crippen LogP contribution in [0.25, 0.3) is 0 Å². The number of halogens is 4. The third kappa shape index (κ3) is 3.16. The molecule has 3 rings (SSSR count). The molecule has 2 aromatic rings. The molecule has 24 heavy (non-hydrogen) atoms. The fraction of sp³-hybridized carbons (Fsp3) is 0.200. The molecular formula is C15H11BrF3N3O2. The molecule has 0 fully saturated rings. The molecule has 0 bridgehead atoms. The molecule has 0 saturated heterocycles. The van der Waals surface area contributed by atoms with E-state index in [9.17, 15) is 13.2 Å². The van der Waals surface area contributed by atoms with Gasteiger partial charge in [-0.3, -0.25) is 0 Å². The second kappa shape index (κ2) is 6.68. The molecule has 0 amide bonds. The Labute approximate surface area is 143 Å². The van der Waals surface area contributed by atoms with Crippen LogP contribution >= 0.6 is 15.9 Å². The number of hydrogen-bond donors (Lipinski definition) is 1. The molecule has 0 radical (unpaired) electrons. The molecule has 9 heteroatoms. The highest BCUT2D eigenvalue weighted by Crippen LogP contribution is 2.25. The molecule has 0 saturated carbocycles. The summed E-state index contributed by atoms with van der Waals surface area (Å²) in [6.07, 6.45) is 0. The van der Waals surface area contributed by atoms with E-state index in [0.29, 0.717) is 16.0 Å². The van der Waals surface area contributed by atoms with E-state index in [-0.39, 0.29) is 18.0 Å². The summed E-state index contributed by atoms with van der Waals surface area (Å²) >= 11 is 3.29. The molecule has 1 aliphatic rings. The number of nitrogens with one attached hydrogen (secondary N) is 1. The Morgan fingerprint density at radius 1 is 1.25 bits per heavy atom. The minimum atomic E-state index is -1.51. The monoisotopic (exact) mass is 401 g/mol. The van der Waals surface area contributed by atoms with Gasteiger partial charge in [0.05, 0.1) is 17.6 Å². The van der Waals surface area contributed by atoms with Crippen LogP contribution < -0.4 is 10.1 Å². The molecule has 5 nitrogen and oxygen atoms in total. The van der Waals surface area contributed by atoms with Gasteiger partial charge in [-0.25, -0.2) is 18.2 Å². The maximum Gasteiger partial charge on any atom is 0.228 e. The second-order valence-corrected chi connectivity index (χ2v) is 5.77. The summed E-state index contributed by atoms with van der Waals surface area (Å²) < 4.78 is 45.7. The fourth-order valence-corrected chi connectivity index (χ4v) is 2.57. The zero-order valence-corrected chi connectivity index (χ0v) is 13.9. The number of rotatable bonds is 3. The van der Waals surface area contributed by atoms with E-state index in [2.05, 4.69) is 31.4 Å². The highest BCUT2D eigenvalue weighted by atomic mass is 79.9. The third-order valence-corrected chi connectivity index (χ3v) is 3.97. The van der Waals surface area contributed by atoms with Crippen molar-refractivity contribution in [2.45, 2.75) is 6.04 Å². The summed E-state index contributed by atoms with van der Waals surface area (Å²) in [6.45, 7) is 0.0294. The number of ether oxygens (including phenoxy) is 1. The fourth-order valence-electron chi connectivity index (χ4n) is 2.18. The van der Waals surface area contributed by atoms with Crippen molar-refractivity contribution >= 4 is 21.8 Å². The van der Waals surface area contributed by atoms with E-state index in [4.69, 9.17) is 9.57 Å². The number of benzene rings is 1. The standard InChI is InChI=1S/C15H11BrF3N3O2/c1-23-15-8(16)2-3-11(21-15)14-20-12(6-24-22-14)7-4-9(17)13(19)10(18)5-7/h2-5,12H,6H2,1H3,(H,20,22). The van der Waals surface area contributed by atoms with Crippen LogP contribution in [0.5, 0.6) is 5.88 Å². The molecule has 0 aliphatic carbocycles. The maximum atomic E-state index is 13.4. The van der Waals surface area contributed by atoms with E-state index >= 15 is 0 Å². The first-order chi connectivity index (χ1) is 11.5. The van der Waals surface area contributed by atoms with Crippen molar-refractivity contribution in [1.29, 1.82) is 0 Å². The second-order valence-electron chi connectivity index (χ2n) is 4.92. The van der Waals surface area contributed by atoms with Gasteiger partial charge in [-0.05, 0) is 45.8 Å². The zero-order chi connectivity index (χ0) is 17.3. The summed E-state index contributed by atoms with van der Waals surface area (Å²) in [4.78, 5) is 9.35. The van der Waals surface area contributed by atoms with Crippen molar-refractivity contribution in [3.8, 4) is 5.88 Å². The van der Waals surface area contributed by atoms with Crippen LogP contribution in [0.2, 0.25) is 0 Å². The Bertz CT molecular complexity index is 794. The number of methoxy groups -OCH3 is 1. The Balaban J connectivity index is 1.88. The van der Waals surface area contributed by atoms with Crippen molar-refractivity contribution < 1.29 is 22.7 Å². The molecule has 1 aromatic heterocycles. The van der Waals surface area contributed by atoms with Crippen LogP contribution in [0.3, 0.4) is 0 Å². The number of nitrogens with zero attached hydrogens (tertiary/aromatic N) is 2. The average molecular weight is 402 g/mol. The van der Waals surface area contributed by atoms with Crippen molar-refractivity contribution in [3.05, 3.63) is 57.4 Å². The highest BCUT2D eigenvalue weighted by molar-refractivity contribution is 9.10. The van der Waals surface area contributed by atoms with Gasteiger partial charge in [0.1, 0.15) is 12.3 Å². The molecule has 1 atom stereocenters. The van der Waals surface area contributed by atoms with Crippen LogP contribution in [-0.2, 0) is 4.84 Å². The Morgan fingerprint density at radius 3 is 2.62 bits per heavy atom.